The molecule has 0 radical (unpaired) electrons. The summed E-state index contributed by atoms with van der Waals surface area (Å²) < 4.78 is 0. The second kappa shape index (κ2) is 11.6. The van der Waals surface area contributed by atoms with E-state index in [-0.39, 0.29) is 11.8 Å². The van der Waals surface area contributed by atoms with Crippen LogP contribution in [0.15, 0.2) is 54.6 Å². The minimum absolute atomic E-state index is 0.0639. The Morgan fingerprint density at radius 1 is 0.818 bits per heavy atom. The van der Waals surface area contributed by atoms with Crippen LogP contribution < -0.4 is 5.32 Å². The van der Waals surface area contributed by atoms with Gasteiger partial charge >= 0.3 is 0 Å². The molecule has 0 unspecified atom stereocenters. The Kier molecular flexibility index (Phi) is 8.37. The van der Waals surface area contributed by atoms with Gasteiger partial charge in [-0.3, -0.25) is 19.4 Å². The number of anilines is 1. The number of piperidine rings is 1. The number of nitrogens with one attached hydrogen (secondary N) is 1. The van der Waals surface area contributed by atoms with Crippen molar-refractivity contribution in [2.75, 3.05) is 57.7 Å². The predicted octanol–water partition coefficient (Wildman–Crippen LogP) is 3.38. The maximum atomic E-state index is 12.8. The van der Waals surface area contributed by atoms with Crippen molar-refractivity contribution in [2.45, 2.75) is 19.3 Å². The Balaban J connectivity index is 1.14. The largest absolute Gasteiger partial charge is 0.342 e. The first kappa shape index (κ1) is 23.7. The van der Waals surface area contributed by atoms with Crippen LogP contribution in [-0.2, 0) is 16.0 Å². The van der Waals surface area contributed by atoms with E-state index in [0.717, 1.165) is 58.5 Å². The minimum atomic E-state index is -0.0639. The number of halogens is 1. The Morgan fingerprint density at radius 3 is 2.09 bits per heavy atom. The van der Waals surface area contributed by atoms with E-state index >= 15 is 0 Å². The maximum Gasteiger partial charge on any atom is 0.238 e. The van der Waals surface area contributed by atoms with Gasteiger partial charge in [0.05, 0.1) is 23.8 Å². The van der Waals surface area contributed by atoms with Gasteiger partial charge < -0.3 is 10.2 Å². The zero-order valence-electron chi connectivity index (χ0n) is 19.1. The normalized spacial score (nSPS) is 18.3. The second-order valence-corrected chi connectivity index (χ2v) is 9.50. The molecule has 2 heterocycles. The highest BCUT2D eigenvalue weighted by Gasteiger charge is 2.26. The average Bonchev–Trinajstić information content (AvgIpc) is 2.83. The van der Waals surface area contributed by atoms with E-state index in [4.69, 9.17) is 11.6 Å². The number of carbonyl (C=O) groups excluding carboxylic acids is 2. The van der Waals surface area contributed by atoms with Crippen LogP contribution in [-0.4, -0.2) is 78.9 Å². The SMILES string of the molecule is O=C(CN1CCN(CC(=O)N2CCC(Cc3ccccc3)CC2)CC1)Nc1ccccc1Cl. The van der Waals surface area contributed by atoms with Gasteiger partial charge in [-0.05, 0) is 42.9 Å². The number of piperazine rings is 1. The predicted molar refractivity (Wildman–Crippen MR) is 132 cm³/mol. The molecule has 0 saturated carbocycles. The highest BCUT2D eigenvalue weighted by molar-refractivity contribution is 6.33. The number of para-hydroxylation sites is 1. The molecular weight excluding hydrogens is 436 g/mol. The smallest absolute Gasteiger partial charge is 0.238 e. The zero-order chi connectivity index (χ0) is 23.0. The number of amides is 2. The van der Waals surface area contributed by atoms with Gasteiger partial charge in [0, 0.05) is 39.3 Å². The average molecular weight is 469 g/mol. The van der Waals surface area contributed by atoms with Gasteiger partial charge in [0.2, 0.25) is 11.8 Å². The van der Waals surface area contributed by atoms with Gasteiger partial charge in [-0.25, -0.2) is 0 Å². The van der Waals surface area contributed by atoms with Crippen LogP contribution in [0, 0.1) is 5.92 Å². The third-order valence-electron chi connectivity index (χ3n) is 6.67. The molecule has 0 bridgehead atoms. The van der Waals surface area contributed by atoms with E-state index in [1.54, 1.807) is 12.1 Å². The number of benzene rings is 2. The molecule has 2 amide bonds. The molecule has 4 rings (SSSR count). The molecule has 2 saturated heterocycles. The monoisotopic (exact) mass is 468 g/mol. The van der Waals surface area contributed by atoms with Crippen LogP contribution in [0.1, 0.15) is 18.4 Å². The molecule has 2 aromatic carbocycles. The topological polar surface area (TPSA) is 55.9 Å². The quantitative estimate of drug-likeness (QED) is 0.676. The second-order valence-electron chi connectivity index (χ2n) is 9.09. The van der Waals surface area contributed by atoms with Gasteiger partial charge in [0.15, 0.2) is 0 Å². The van der Waals surface area contributed by atoms with Gasteiger partial charge in [0.25, 0.3) is 0 Å². The lowest BCUT2D eigenvalue weighted by Gasteiger charge is -2.37. The standard InChI is InChI=1S/C26H33ClN4O2/c27-23-8-4-5-9-24(23)28-25(32)19-29-14-16-30(17-15-29)20-26(33)31-12-10-22(11-13-31)18-21-6-2-1-3-7-21/h1-9,22H,10-20H2,(H,28,32). The van der Waals surface area contributed by atoms with Crippen LogP contribution in [0.2, 0.25) is 5.02 Å². The summed E-state index contributed by atoms with van der Waals surface area (Å²) in [4.78, 5) is 31.5. The first-order valence-electron chi connectivity index (χ1n) is 11.9. The van der Waals surface area contributed by atoms with Crippen molar-refractivity contribution in [3.8, 4) is 0 Å². The highest BCUT2D eigenvalue weighted by Crippen LogP contribution is 2.22. The number of likely N-dealkylation sites (tertiary alicyclic amines) is 1. The third kappa shape index (κ3) is 7.03. The summed E-state index contributed by atoms with van der Waals surface area (Å²) in [5.41, 5.74) is 2.03. The fourth-order valence-electron chi connectivity index (χ4n) is 4.69. The fourth-order valence-corrected chi connectivity index (χ4v) is 4.87. The molecule has 0 aromatic heterocycles. The fraction of sp³-hybridized carbons (Fsp3) is 0.462. The van der Waals surface area contributed by atoms with Gasteiger partial charge in [-0.15, -0.1) is 0 Å². The summed E-state index contributed by atoms with van der Waals surface area (Å²) in [6.07, 6.45) is 3.26. The Hall–Kier alpha value is -2.41. The number of hydrogen-bond acceptors (Lipinski definition) is 4. The van der Waals surface area contributed by atoms with Gasteiger partial charge in [0.1, 0.15) is 0 Å². The Morgan fingerprint density at radius 2 is 1.42 bits per heavy atom. The lowest BCUT2D eigenvalue weighted by Crippen LogP contribution is -2.52. The van der Waals surface area contributed by atoms with E-state index in [0.29, 0.717) is 29.7 Å². The zero-order valence-corrected chi connectivity index (χ0v) is 19.8. The lowest BCUT2D eigenvalue weighted by molar-refractivity contribution is -0.134. The summed E-state index contributed by atoms with van der Waals surface area (Å²) in [6, 6.07) is 17.9. The molecule has 2 aromatic rings. The van der Waals surface area contributed by atoms with Crippen LogP contribution in [0.5, 0.6) is 0 Å². The molecule has 2 aliphatic heterocycles. The summed E-state index contributed by atoms with van der Waals surface area (Å²) in [7, 11) is 0. The molecule has 0 aliphatic carbocycles. The van der Waals surface area contributed by atoms with Gasteiger partial charge in [-0.2, -0.15) is 0 Å². The molecule has 2 aliphatic rings. The van der Waals surface area contributed by atoms with Crippen molar-refractivity contribution in [3.63, 3.8) is 0 Å². The number of hydrogen-bond donors (Lipinski definition) is 1. The minimum Gasteiger partial charge on any atom is -0.342 e. The molecule has 0 spiro atoms. The van der Waals surface area contributed by atoms with E-state index in [9.17, 15) is 9.59 Å². The van der Waals surface area contributed by atoms with Crippen molar-refractivity contribution in [3.05, 3.63) is 65.2 Å². The third-order valence-corrected chi connectivity index (χ3v) is 7.00. The van der Waals surface area contributed by atoms with E-state index in [1.165, 1.54) is 5.56 Å². The molecule has 7 heteroatoms. The molecule has 33 heavy (non-hydrogen) atoms. The Labute approximate surface area is 201 Å². The Bertz CT molecular complexity index is 923. The molecular formula is C26H33ClN4O2. The van der Waals surface area contributed by atoms with Gasteiger partial charge in [-0.1, -0.05) is 54.1 Å². The van der Waals surface area contributed by atoms with Crippen LogP contribution >= 0.6 is 11.6 Å². The number of rotatable bonds is 7. The highest BCUT2D eigenvalue weighted by atomic mass is 35.5. The molecule has 2 fully saturated rings. The summed E-state index contributed by atoms with van der Waals surface area (Å²) in [5.74, 6) is 0.834. The van der Waals surface area contributed by atoms with E-state index < -0.39 is 0 Å². The van der Waals surface area contributed by atoms with E-state index in [1.807, 2.05) is 17.0 Å². The first-order valence-corrected chi connectivity index (χ1v) is 12.3. The lowest BCUT2D eigenvalue weighted by atomic mass is 9.90. The summed E-state index contributed by atoms with van der Waals surface area (Å²) in [6.45, 7) is 5.69. The van der Waals surface area contributed by atoms with Crippen LogP contribution in [0.3, 0.4) is 0 Å². The molecule has 176 valence electrons. The maximum absolute atomic E-state index is 12.8. The van der Waals surface area contributed by atoms with Crippen molar-refractivity contribution >= 4 is 29.1 Å². The van der Waals surface area contributed by atoms with Crippen LogP contribution in [0.4, 0.5) is 5.69 Å². The van der Waals surface area contributed by atoms with E-state index in [2.05, 4.69) is 45.4 Å². The van der Waals surface area contributed by atoms with Crippen molar-refractivity contribution in [1.29, 1.82) is 0 Å². The molecule has 6 nitrogen and oxygen atoms in total. The number of nitrogens with zero attached hydrogens (tertiary/aromatic N) is 3. The molecule has 0 atom stereocenters. The summed E-state index contributed by atoms with van der Waals surface area (Å²) in [5, 5.41) is 3.42. The van der Waals surface area contributed by atoms with Crippen molar-refractivity contribution in [1.82, 2.24) is 14.7 Å². The number of carbonyl (C=O) groups is 2. The van der Waals surface area contributed by atoms with Crippen molar-refractivity contribution in [2.24, 2.45) is 5.92 Å². The first-order chi connectivity index (χ1) is 16.1. The summed E-state index contributed by atoms with van der Waals surface area (Å²) >= 11 is 6.12. The van der Waals surface area contributed by atoms with Crippen LogP contribution in [0.25, 0.3) is 0 Å². The molecule has 1 N–H and O–H groups in total. The van der Waals surface area contributed by atoms with Crippen molar-refractivity contribution < 1.29 is 9.59 Å².